The molecule has 0 aliphatic rings. The van der Waals surface area contributed by atoms with Gasteiger partial charge in [-0.1, -0.05) is 17.7 Å². The average Bonchev–Trinajstić information content (AvgIpc) is 3.31. The van der Waals surface area contributed by atoms with Gasteiger partial charge in [-0.2, -0.15) is 0 Å². The van der Waals surface area contributed by atoms with Crippen LogP contribution in [0.2, 0.25) is 5.02 Å². The zero-order chi connectivity index (χ0) is 26.6. The van der Waals surface area contributed by atoms with E-state index < -0.39 is 12.4 Å². The van der Waals surface area contributed by atoms with Gasteiger partial charge < -0.3 is 15.4 Å². The summed E-state index contributed by atoms with van der Waals surface area (Å²) >= 11 is 11.2. The lowest BCUT2D eigenvalue weighted by molar-refractivity contribution is -0.274. The number of nitrogens with one attached hydrogen (secondary N) is 3. The molecule has 1 heterocycles. The van der Waals surface area contributed by atoms with Crippen molar-refractivity contribution in [3.05, 3.63) is 83.6 Å². The smallest absolute Gasteiger partial charge is 0.406 e. The van der Waals surface area contributed by atoms with E-state index in [0.29, 0.717) is 33.5 Å². The number of urea groups is 1. The highest BCUT2D eigenvalue weighted by molar-refractivity contribution is 7.80. The van der Waals surface area contributed by atoms with Crippen molar-refractivity contribution < 1.29 is 22.7 Å². The fourth-order valence-corrected chi connectivity index (χ4v) is 3.55. The van der Waals surface area contributed by atoms with Gasteiger partial charge >= 0.3 is 12.4 Å². The molecule has 0 saturated carbocycles. The summed E-state index contributed by atoms with van der Waals surface area (Å²) in [4.78, 5) is 16.5. The maximum Gasteiger partial charge on any atom is 0.573 e. The molecule has 0 spiro atoms. The largest absolute Gasteiger partial charge is 0.573 e. The van der Waals surface area contributed by atoms with Crippen LogP contribution in [0.1, 0.15) is 5.56 Å². The van der Waals surface area contributed by atoms with E-state index in [-0.39, 0.29) is 10.9 Å². The quantitative estimate of drug-likeness (QED) is 0.254. The van der Waals surface area contributed by atoms with Crippen LogP contribution < -0.4 is 20.7 Å². The highest BCUT2D eigenvalue weighted by Gasteiger charge is 2.31. The Hall–Kier alpha value is -4.16. The van der Waals surface area contributed by atoms with E-state index in [0.717, 1.165) is 5.56 Å². The van der Waals surface area contributed by atoms with Crippen LogP contribution in [-0.2, 0) is 0 Å². The van der Waals surface area contributed by atoms with Crippen molar-refractivity contribution in [3.8, 4) is 22.8 Å². The second kappa shape index (κ2) is 10.8. The Morgan fingerprint density at radius 2 is 1.73 bits per heavy atom. The van der Waals surface area contributed by atoms with Crippen molar-refractivity contribution in [1.29, 1.82) is 0 Å². The molecule has 2 amide bonds. The zero-order valence-corrected chi connectivity index (χ0v) is 20.6. The number of anilines is 2. The first kappa shape index (κ1) is 25.9. The number of nitrogens with zero attached hydrogens (tertiary/aromatic N) is 3. The molecule has 0 saturated heterocycles. The molecule has 3 aromatic carbocycles. The standard InChI is InChI=1S/C24H18ClF3N6O2S/c1-14-2-5-16(25)12-20(14)31-23(37)32-22(35)30-17-6-3-15(4-7-17)21-29-13-34(33-21)18-8-10-19(11-9-18)36-24(26,27)28/h2-13H,1H3,(H3,30,31,32,35,37). The number of halogens is 4. The molecule has 8 nitrogen and oxygen atoms in total. The molecule has 13 heteroatoms. The number of amides is 2. The predicted octanol–water partition coefficient (Wildman–Crippen LogP) is 6.31. The fraction of sp³-hybridized carbons (Fsp3) is 0.0833. The van der Waals surface area contributed by atoms with Gasteiger partial charge in [-0.25, -0.2) is 14.5 Å². The van der Waals surface area contributed by atoms with E-state index in [1.165, 1.54) is 35.3 Å². The van der Waals surface area contributed by atoms with E-state index in [1.807, 2.05) is 13.0 Å². The van der Waals surface area contributed by atoms with Crippen LogP contribution in [0.3, 0.4) is 0 Å². The minimum absolute atomic E-state index is 0.104. The van der Waals surface area contributed by atoms with Crippen LogP contribution in [0.4, 0.5) is 29.3 Å². The number of aromatic nitrogens is 3. The maximum atomic E-state index is 12.3. The summed E-state index contributed by atoms with van der Waals surface area (Å²) in [7, 11) is 0. The van der Waals surface area contributed by atoms with Crippen molar-refractivity contribution in [2.75, 3.05) is 10.6 Å². The number of benzene rings is 3. The number of rotatable bonds is 5. The Morgan fingerprint density at radius 3 is 2.41 bits per heavy atom. The molecule has 0 radical (unpaired) electrons. The number of carbonyl (C=O) groups is 1. The Morgan fingerprint density at radius 1 is 1.03 bits per heavy atom. The normalized spacial score (nSPS) is 11.1. The second-order valence-corrected chi connectivity index (χ2v) is 8.47. The summed E-state index contributed by atoms with van der Waals surface area (Å²) in [5, 5.41) is 13.1. The van der Waals surface area contributed by atoms with Gasteiger partial charge in [0.2, 0.25) is 0 Å². The van der Waals surface area contributed by atoms with E-state index in [1.54, 1.807) is 36.4 Å². The topological polar surface area (TPSA) is 93.1 Å². The number of aryl methyl sites for hydroxylation is 1. The molecule has 0 unspecified atom stereocenters. The van der Waals surface area contributed by atoms with Crippen molar-refractivity contribution >= 4 is 46.3 Å². The Labute approximate surface area is 219 Å². The molecule has 0 atom stereocenters. The number of carbonyl (C=O) groups excluding carboxylic acids is 1. The van der Waals surface area contributed by atoms with Gasteiger partial charge in [0.25, 0.3) is 0 Å². The third kappa shape index (κ3) is 7.18. The average molecular weight is 547 g/mol. The molecule has 1 aromatic heterocycles. The van der Waals surface area contributed by atoms with Crippen LogP contribution in [0.15, 0.2) is 73.1 Å². The summed E-state index contributed by atoms with van der Waals surface area (Å²) in [6.07, 6.45) is -3.33. The second-order valence-electron chi connectivity index (χ2n) is 7.62. The van der Waals surface area contributed by atoms with Gasteiger partial charge in [0, 0.05) is 22.0 Å². The SMILES string of the molecule is Cc1ccc(Cl)cc1NC(=S)NC(=O)Nc1ccc(-c2ncn(-c3ccc(OC(F)(F)F)cc3)n2)cc1. The van der Waals surface area contributed by atoms with E-state index in [2.05, 4.69) is 30.8 Å². The molecular formula is C24H18ClF3N6O2S. The summed E-state index contributed by atoms with van der Waals surface area (Å²) in [6, 6.07) is 16.7. The number of alkyl halides is 3. The molecule has 37 heavy (non-hydrogen) atoms. The van der Waals surface area contributed by atoms with Gasteiger partial charge in [-0.3, -0.25) is 5.32 Å². The van der Waals surface area contributed by atoms with Gasteiger partial charge in [0.15, 0.2) is 10.9 Å². The molecule has 0 aliphatic carbocycles. The van der Waals surface area contributed by atoms with Crippen molar-refractivity contribution in [2.24, 2.45) is 0 Å². The minimum Gasteiger partial charge on any atom is -0.406 e. The molecule has 0 aliphatic heterocycles. The highest BCUT2D eigenvalue weighted by Crippen LogP contribution is 2.24. The van der Waals surface area contributed by atoms with E-state index in [4.69, 9.17) is 23.8 Å². The lowest BCUT2D eigenvalue weighted by Crippen LogP contribution is -2.37. The van der Waals surface area contributed by atoms with Crippen molar-refractivity contribution in [1.82, 2.24) is 20.1 Å². The first-order valence-corrected chi connectivity index (χ1v) is 11.4. The Kier molecular flexibility index (Phi) is 7.60. The summed E-state index contributed by atoms with van der Waals surface area (Å²) in [5.74, 6) is 0.0497. The number of hydrogen-bond acceptors (Lipinski definition) is 5. The monoisotopic (exact) mass is 546 g/mol. The molecular weight excluding hydrogens is 529 g/mol. The highest BCUT2D eigenvalue weighted by atomic mass is 35.5. The van der Waals surface area contributed by atoms with Crippen LogP contribution in [0, 0.1) is 6.92 Å². The molecule has 190 valence electrons. The lowest BCUT2D eigenvalue weighted by Gasteiger charge is -2.12. The Balaban J connectivity index is 1.34. The van der Waals surface area contributed by atoms with Crippen molar-refractivity contribution in [2.45, 2.75) is 13.3 Å². The third-order valence-corrected chi connectivity index (χ3v) is 5.34. The van der Waals surface area contributed by atoms with Crippen LogP contribution >= 0.6 is 23.8 Å². The number of ether oxygens (including phenoxy) is 1. The molecule has 3 N–H and O–H groups in total. The maximum absolute atomic E-state index is 12.3. The fourth-order valence-electron chi connectivity index (χ4n) is 3.17. The van der Waals surface area contributed by atoms with Gasteiger partial charge in [0.1, 0.15) is 12.1 Å². The van der Waals surface area contributed by atoms with Gasteiger partial charge in [0.05, 0.1) is 5.69 Å². The number of hydrogen-bond donors (Lipinski definition) is 3. The first-order chi connectivity index (χ1) is 17.6. The minimum atomic E-state index is -4.76. The molecule has 0 bridgehead atoms. The Bertz CT molecular complexity index is 1430. The van der Waals surface area contributed by atoms with E-state index >= 15 is 0 Å². The first-order valence-electron chi connectivity index (χ1n) is 10.6. The van der Waals surface area contributed by atoms with Gasteiger partial charge in [-0.15, -0.1) is 18.3 Å². The molecule has 0 fully saturated rings. The van der Waals surface area contributed by atoms with Crippen molar-refractivity contribution in [3.63, 3.8) is 0 Å². The van der Waals surface area contributed by atoms with E-state index in [9.17, 15) is 18.0 Å². The molecule has 4 aromatic rings. The van der Waals surface area contributed by atoms with Gasteiger partial charge in [-0.05, 0) is 85.4 Å². The summed E-state index contributed by atoms with van der Waals surface area (Å²) < 4.78 is 42.3. The van der Waals surface area contributed by atoms with Crippen LogP contribution in [-0.4, -0.2) is 32.3 Å². The van der Waals surface area contributed by atoms with Crippen LogP contribution in [0.25, 0.3) is 17.1 Å². The summed E-state index contributed by atoms with van der Waals surface area (Å²) in [6.45, 7) is 1.88. The predicted molar refractivity (Wildman–Crippen MR) is 138 cm³/mol. The number of thiocarbonyl (C=S) groups is 1. The lowest BCUT2D eigenvalue weighted by atomic mass is 10.2. The summed E-state index contributed by atoms with van der Waals surface area (Å²) in [5.41, 5.74) is 3.26. The zero-order valence-electron chi connectivity index (χ0n) is 19.0. The molecule has 4 rings (SSSR count). The third-order valence-electron chi connectivity index (χ3n) is 4.90. The van der Waals surface area contributed by atoms with Crippen LogP contribution in [0.5, 0.6) is 5.75 Å².